The van der Waals surface area contributed by atoms with Crippen LogP contribution < -0.4 is 4.74 Å². The number of ether oxygens (including phenoxy) is 3. The molecule has 1 atom stereocenters. The maximum atomic E-state index is 6.05. The van der Waals surface area contributed by atoms with Crippen molar-refractivity contribution in [1.29, 1.82) is 0 Å². The van der Waals surface area contributed by atoms with Gasteiger partial charge in [-0.3, -0.25) is 0 Å². The van der Waals surface area contributed by atoms with Crippen LogP contribution in [-0.4, -0.2) is 20.2 Å². The van der Waals surface area contributed by atoms with Crippen molar-refractivity contribution in [2.24, 2.45) is 17.8 Å². The number of rotatable bonds is 6. The molecule has 0 heterocycles. The van der Waals surface area contributed by atoms with Crippen molar-refractivity contribution in [1.82, 2.24) is 0 Å². The second kappa shape index (κ2) is 6.62. The van der Waals surface area contributed by atoms with E-state index in [1.165, 1.54) is 44.1 Å². The molecule has 0 N–H and O–H groups in total. The van der Waals surface area contributed by atoms with E-state index in [-0.39, 0.29) is 13.1 Å². The summed E-state index contributed by atoms with van der Waals surface area (Å²) in [6.45, 7) is 2.11. The van der Waals surface area contributed by atoms with Crippen LogP contribution in [-0.2, 0) is 14.9 Å². The molecule has 4 saturated carbocycles. The molecule has 132 valence electrons. The summed E-state index contributed by atoms with van der Waals surface area (Å²) >= 11 is 3.60. The van der Waals surface area contributed by atoms with Crippen LogP contribution in [0.4, 0.5) is 0 Å². The Labute approximate surface area is 153 Å². The van der Waals surface area contributed by atoms with Crippen LogP contribution in [0.2, 0.25) is 0 Å². The molecule has 0 aromatic heterocycles. The first-order valence-electron chi connectivity index (χ1n) is 9.15. The van der Waals surface area contributed by atoms with Crippen molar-refractivity contribution in [3.8, 4) is 5.75 Å². The summed E-state index contributed by atoms with van der Waals surface area (Å²) in [6.07, 6.45) is 8.15. The van der Waals surface area contributed by atoms with Crippen molar-refractivity contribution in [3.63, 3.8) is 0 Å². The highest BCUT2D eigenvalue weighted by atomic mass is 79.9. The van der Waals surface area contributed by atoms with Crippen LogP contribution in [0.5, 0.6) is 5.75 Å². The Morgan fingerprint density at radius 3 is 2.33 bits per heavy atom. The third-order valence-electron chi connectivity index (χ3n) is 6.40. The van der Waals surface area contributed by atoms with Gasteiger partial charge in [-0.25, -0.2) is 0 Å². The molecule has 5 rings (SSSR count). The number of hydrogen-bond acceptors (Lipinski definition) is 3. The highest BCUT2D eigenvalue weighted by Gasteiger charge is 2.52. The molecule has 3 nitrogen and oxygen atoms in total. The van der Waals surface area contributed by atoms with E-state index in [1.807, 2.05) is 6.92 Å². The maximum Gasteiger partial charge on any atom is 0.191 e. The van der Waals surface area contributed by atoms with Gasteiger partial charge in [-0.2, -0.15) is 0 Å². The fourth-order valence-corrected chi connectivity index (χ4v) is 6.10. The Balaban J connectivity index is 1.58. The second-order valence-electron chi connectivity index (χ2n) is 8.07. The van der Waals surface area contributed by atoms with Crippen molar-refractivity contribution < 1.29 is 14.2 Å². The fourth-order valence-electron chi connectivity index (χ4n) is 5.76. The average molecular weight is 395 g/mol. The lowest BCUT2D eigenvalue weighted by atomic mass is 9.48. The third-order valence-corrected chi connectivity index (χ3v) is 6.90. The summed E-state index contributed by atoms with van der Waals surface area (Å²) in [5, 5.41) is 0. The Morgan fingerprint density at radius 1 is 1.12 bits per heavy atom. The first kappa shape index (κ1) is 16.9. The Morgan fingerprint density at radius 2 is 1.75 bits per heavy atom. The predicted molar refractivity (Wildman–Crippen MR) is 97.0 cm³/mol. The van der Waals surface area contributed by atoms with Gasteiger partial charge >= 0.3 is 0 Å². The topological polar surface area (TPSA) is 27.7 Å². The predicted octanol–water partition coefficient (Wildman–Crippen LogP) is 5.26. The maximum absolute atomic E-state index is 6.05. The summed E-state index contributed by atoms with van der Waals surface area (Å²) in [5.41, 5.74) is 1.73. The smallest absolute Gasteiger partial charge is 0.191 e. The molecule has 1 aromatic carbocycles. The van der Waals surface area contributed by atoms with E-state index in [4.69, 9.17) is 14.2 Å². The standard InChI is InChI=1S/C20H27BrO3/c1-13(22-2)23-12-24-19-8-17(21)3-4-18(19)20-9-14-5-15(10-20)7-16(6-14)11-20/h3-4,8,13-16H,5-7,9-12H2,1-2H3. The van der Waals surface area contributed by atoms with Gasteiger partial charge in [-0.1, -0.05) is 22.0 Å². The minimum atomic E-state index is -0.250. The molecule has 0 amide bonds. The summed E-state index contributed by atoms with van der Waals surface area (Å²) in [7, 11) is 1.64. The fraction of sp³-hybridized carbons (Fsp3) is 0.700. The van der Waals surface area contributed by atoms with E-state index in [0.29, 0.717) is 5.41 Å². The van der Waals surface area contributed by atoms with Gasteiger partial charge < -0.3 is 14.2 Å². The molecule has 1 aromatic rings. The average Bonchev–Trinajstić information content (AvgIpc) is 2.53. The number of hydrogen-bond donors (Lipinski definition) is 0. The van der Waals surface area contributed by atoms with Crippen LogP contribution >= 0.6 is 15.9 Å². The Kier molecular flexibility index (Phi) is 4.65. The summed E-state index contributed by atoms with van der Waals surface area (Å²) in [4.78, 5) is 0. The van der Waals surface area contributed by atoms with Gasteiger partial charge in [0, 0.05) is 17.1 Å². The lowest BCUT2D eigenvalue weighted by Gasteiger charge is -2.57. The van der Waals surface area contributed by atoms with Gasteiger partial charge in [0.15, 0.2) is 13.1 Å². The number of benzene rings is 1. The molecular weight excluding hydrogens is 368 g/mol. The molecule has 1 unspecified atom stereocenters. The van der Waals surface area contributed by atoms with Gasteiger partial charge in [0.05, 0.1) is 0 Å². The summed E-state index contributed by atoms with van der Waals surface area (Å²) in [5.74, 6) is 3.77. The zero-order chi connectivity index (χ0) is 16.7. The van der Waals surface area contributed by atoms with Crippen LogP contribution in [0.3, 0.4) is 0 Å². The van der Waals surface area contributed by atoms with Crippen molar-refractivity contribution in [2.45, 2.75) is 57.2 Å². The van der Waals surface area contributed by atoms with Gasteiger partial charge in [-0.15, -0.1) is 0 Å². The van der Waals surface area contributed by atoms with Crippen molar-refractivity contribution in [3.05, 3.63) is 28.2 Å². The number of methoxy groups -OCH3 is 1. The lowest BCUT2D eigenvalue weighted by Crippen LogP contribution is -2.48. The van der Waals surface area contributed by atoms with Crippen molar-refractivity contribution in [2.75, 3.05) is 13.9 Å². The van der Waals surface area contributed by atoms with Gasteiger partial charge in [-0.05, 0) is 80.8 Å². The van der Waals surface area contributed by atoms with E-state index < -0.39 is 0 Å². The molecule has 0 spiro atoms. The molecule has 0 aliphatic heterocycles. The summed E-state index contributed by atoms with van der Waals surface area (Å²) in [6, 6.07) is 6.56. The van der Waals surface area contributed by atoms with Gasteiger partial charge in [0.1, 0.15) is 5.75 Å². The Hall–Kier alpha value is -0.580. The Bertz CT molecular complexity index is 565. The van der Waals surface area contributed by atoms with Crippen LogP contribution in [0.1, 0.15) is 51.0 Å². The highest BCUT2D eigenvalue weighted by Crippen LogP contribution is 2.61. The molecule has 0 radical (unpaired) electrons. The molecule has 4 aliphatic carbocycles. The first-order valence-corrected chi connectivity index (χ1v) is 9.94. The minimum absolute atomic E-state index is 0.227. The van der Waals surface area contributed by atoms with Gasteiger partial charge in [0.2, 0.25) is 0 Å². The van der Waals surface area contributed by atoms with Crippen LogP contribution in [0.15, 0.2) is 22.7 Å². The first-order chi connectivity index (χ1) is 11.6. The zero-order valence-corrected chi connectivity index (χ0v) is 16.2. The monoisotopic (exact) mass is 394 g/mol. The van der Waals surface area contributed by atoms with Crippen molar-refractivity contribution >= 4 is 15.9 Å². The largest absolute Gasteiger partial charge is 0.467 e. The van der Waals surface area contributed by atoms with E-state index in [2.05, 4.69) is 34.1 Å². The molecular formula is C20H27BrO3. The quantitative estimate of drug-likeness (QED) is 0.615. The second-order valence-corrected chi connectivity index (χ2v) is 8.99. The zero-order valence-electron chi connectivity index (χ0n) is 14.6. The summed E-state index contributed by atoms with van der Waals surface area (Å²) < 4.78 is 17.8. The van der Waals surface area contributed by atoms with Crippen LogP contribution in [0.25, 0.3) is 0 Å². The van der Waals surface area contributed by atoms with E-state index in [1.54, 1.807) is 7.11 Å². The lowest BCUT2D eigenvalue weighted by molar-refractivity contribution is -0.150. The van der Waals surface area contributed by atoms with Gasteiger partial charge in [0.25, 0.3) is 0 Å². The minimum Gasteiger partial charge on any atom is -0.467 e. The van der Waals surface area contributed by atoms with E-state index in [0.717, 1.165) is 28.0 Å². The molecule has 24 heavy (non-hydrogen) atoms. The normalized spacial score (nSPS) is 35.2. The third kappa shape index (κ3) is 3.13. The van der Waals surface area contributed by atoms with E-state index in [9.17, 15) is 0 Å². The van der Waals surface area contributed by atoms with Crippen LogP contribution in [0, 0.1) is 17.8 Å². The molecule has 4 heteroatoms. The highest BCUT2D eigenvalue weighted by molar-refractivity contribution is 9.10. The molecule has 4 aliphatic rings. The van der Waals surface area contributed by atoms with E-state index >= 15 is 0 Å². The molecule has 4 bridgehead atoms. The molecule has 0 saturated heterocycles. The SMILES string of the molecule is COC(C)OCOc1cc(Br)ccc1C12CC3CC(CC(C3)C1)C2. The molecule has 4 fully saturated rings. The number of halogens is 1.